The molecule has 1 aromatic heterocycles. The van der Waals surface area contributed by atoms with Crippen LogP contribution in [0.5, 0.6) is 0 Å². The third kappa shape index (κ3) is 1.99. The molecule has 1 aromatic carbocycles. The van der Waals surface area contributed by atoms with Gasteiger partial charge in [0, 0.05) is 0 Å². The van der Waals surface area contributed by atoms with E-state index in [0.29, 0.717) is 11.6 Å². The summed E-state index contributed by atoms with van der Waals surface area (Å²) in [6.07, 6.45) is 0. The Labute approximate surface area is 105 Å². The third-order valence-electron chi connectivity index (χ3n) is 2.88. The lowest BCUT2D eigenvalue weighted by molar-refractivity contribution is 0.0689. The predicted octanol–water partition coefficient (Wildman–Crippen LogP) is 2.40. The Morgan fingerprint density at radius 1 is 1.33 bits per heavy atom. The van der Waals surface area contributed by atoms with Gasteiger partial charge >= 0.3 is 5.97 Å². The van der Waals surface area contributed by atoms with Gasteiger partial charge in [0.25, 0.3) is 0 Å². The van der Waals surface area contributed by atoms with Gasteiger partial charge in [-0.3, -0.25) is 0 Å². The standard InChI is InChI=1S/C13H15N3O2/c1-8(2)10-6-4-5-7-11(10)16-9(3)12(13(17)18)14-15-16/h4-8H,1-3H3,(H,17,18). The van der Waals surface area contributed by atoms with Gasteiger partial charge in [-0.05, 0) is 24.5 Å². The van der Waals surface area contributed by atoms with Gasteiger partial charge in [0.05, 0.1) is 11.4 Å². The van der Waals surface area contributed by atoms with Crippen molar-refractivity contribution in [3.63, 3.8) is 0 Å². The van der Waals surface area contributed by atoms with Gasteiger partial charge in [-0.1, -0.05) is 37.3 Å². The molecule has 2 aromatic rings. The van der Waals surface area contributed by atoms with Gasteiger partial charge in [-0.2, -0.15) is 0 Å². The van der Waals surface area contributed by atoms with E-state index >= 15 is 0 Å². The lowest BCUT2D eigenvalue weighted by Gasteiger charge is -2.12. The summed E-state index contributed by atoms with van der Waals surface area (Å²) in [5.41, 5.74) is 2.52. The second-order valence-corrected chi connectivity index (χ2v) is 4.45. The van der Waals surface area contributed by atoms with E-state index < -0.39 is 5.97 Å². The Kier molecular flexibility index (Phi) is 3.14. The van der Waals surface area contributed by atoms with Crippen LogP contribution in [0.2, 0.25) is 0 Å². The summed E-state index contributed by atoms with van der Waals surface area (Å²) in [6, 6.07) is 7.80. The summed E-state index contributed by atoms with van der Waals surface area (Å²) >= 11 is 0. The number of aromatic carboxylic acids is 1. The molecule has 0 fully saturated rings. The summed E-state index contributed by atoms with van der Waals surface area (Å²) in [5.74, 6) is -0.723. The molecule has 94 valence electrons. The number of benzene rings is 1. The lowest BCUT2D eigenvalue weighted by Crippen LogP contribution is -2.06. The van der Waals surface area contributed by atoms with E-state index in [9.17, 15) is 4.79 Å². The van der Waals surface area contributed by atoms with Crippen LogP contribution in [-0.4, -0.2) is 26.1 Å². The lowest BCUT2D eigenvalue weighted by atomic mass is 10.0. The first kappa shape index (κ1) is 12.3. The van der Waals surface area contributed by atoms with Crippen LogP contribution in [0, 0.1) is 6.92 Å². The van der Waals surface area contributed by atoms with Gasteiger partial charge in [-0.15, -0.1) is 5.10 Å². The number of carbonyl (C=O) groups is 1. The van der Waals surface area contributed by atoms with Crippen LogP contribution in [0.15, 0.2) is 24.3 Å². The van der Waals surface area contributed by atoms with E-state index in [0.717, 1.165) is 11.3 Å². The molecule has 5 heteroatoms. The Hall–Kier alpha value is -2.17. The number of carboxylic acids is 1. The minimum Gasteiger partial charge on any atom is -0.476 e. The molecule has 1 heterocycles. The topological polar surface area (TPSA) is 68.0 Å². The molecule has 0 radical (unpaired) electrons. The van der Waals surface area contributed by atoms with E-state index in [1.54, 1.807) is 11.6 Å². The van der Waals surface area contributed by atoms with E-state index in [2.05, 4.69) is 24.2 Å². The van der Waals surface area contributed by atoms with Crippen molar-refractivity contribution >= 4 is 5.97 Å². The number of rotatable bonds is 3. The van der Waals surface area contributed by atoms with E-state index in [1.165, 1.54) is 0 Å². The SMILES string of the molecule is Cc1c(C(=O)O)nnn1-c1ccccc1C(C)C. The fourth-order valence-electron chi connectivity index (χ4n) is 1.92. The molecule has 0 aliphatic carbocycles. The second-order valence-electron chi connectivity index (χ2n) is 4.45. The first-order valence-corrected chi connectivity index (χ1v) is 5.77. The largest absolute Gasteiger partial charge is 0.476 e. The van der Waals surface area contributed by atoms with Crippen LogP contribution in [0.3, 0.4) is 0 Å². The highest BCUT2D eigenvalue weighted by molar-refractivity contribution is 5.86. The van der Waals surface area contributed by atoms with Crippen molar-refractivity contribution in [2.45, 2.75) is 26.7 Å². The first-order valence-electron chi connectivity index (χ1n) is 5.77. The van der Waals surface area contributed by atoms with Gasteiger partial charge in [0.2, 0.25) is 0 Å². The fourth-order valence-corrected chi connectivity index (χ4v) is 1.92. The minimum absolute atomic E-state index is 0.00596. The monoisotopic (exact) mass is 245 g/mol. The molecule has 0 amide bonds. The smallest absolute Gasteiger partial charge is 0.358 e. The van der Waals surface area contributed by atoms with Gasteiger partial charge in [-0.25, -0.2) is 9.48 Å². The van der Waals surface area contributed by atoms with Crippen LogP contribution in [0.25, 0.3) is 5.69 Å². The Morgan fingerprint density at radius 2 is 2.00 bits per heavy atom. The summed E-state index contributed by atoms with van der Waals surface area (Å²) in [6.45, 7) is 5.88. The zero-order chi connectivity index (χ0) is 13.3. The zero-order valence-corrected chi connectivity index (χ0v) is 10.6. The van der Waals surface area contributed by atoms with Gasteiger partial charge in [0.1, 0.15) is 0 Å². The van der Waals surface area contributed by atoms with E-state index in [-0.39, 0.29) is 5.69 Å². The van der Waals surface area contributed by atoms with Crippen molar-refractivity contribution in [3.05, 3.63) is 41.2 Å². The van der Waals surface area contributed by atoms with E-state index in [1.807, 2.05) is 24.3 Å². The molecule has 0 spiro atoms. The molecular formula is C13H15N3O2. The molecule has 0 aliphatic heterocycles. The number of aromatic nitrogens is 3. The van der Waals surface area contributed by atoms with Crippen molar-refractivity contribution in [1.29, 1.82) is 0 Å². The van der Waals surface area contributed by atoms with Crippen molar-refractivity contribution in [2.75, 3.05) is 0 Å². The van der Waals surface area contributed by atoms with Crippen LogP contribution in [-0.2, 0) is 0 Å². The quantitative estimate of drug-likeness (QED) is 0.901. The summed E-state index contributed by atoms with van der Waals surface area (Å²) in [7, 11) is 0. The molecule has 0 aliphatic rings. The number of para-hydroxylation sites is 1. The molecule has 0 saturated heterocycles. The van der Waals surface area contributed by atoms with Crippen molar-refractivity contribution in [2.24, 2.45) is 0 Å². The van der Waals surface area contributed by atoms with Crippen LogP contribution in [0.1, 0.15) is 41.5 Å². The van der Waals surface area contributed by atoms with Crippen LogP contribution in [0.4, 0.5) is 0 Å². The molecule has 18 heavy (non-hydrogen) atoms. The highest BCUT2D eigenvalue weighted by Crippen LogP contribution is 2.23. The first-order chi connectivity index (χ1) is 8.52. The zero-order valence-electron chi connectivity index (χ0n) is 10.6. The fraction of sp³-hybridized carbons (Fsp3) is 0.308. The van der Waals surface area contributed by atoms with Crippen LogP contribution >= 0.6 is 0 Å². The maximum Gasteiger partial charge on any atom is 0.358 e. The molecule has 0 saturated carbocycles. The molecule has 0 atom stereocenters. The maximum absolute atomic E-state index is 11.0. The Morgan fingerprint density at radius 3 is 2.56 bits per heavy atom. The summed E-state index contributed by atoms with van der Waals surface area (Å²) in [4.78, 5) is 11.0. The molecule has 5 nitrogen and oxygen atoms in total. The minimum atomic E-state index is -1.05. The van der Waals surface area contributed by atoms with Crippen molar-refractivity contribution in [1.82, 2.24) is 15.0 Å². The van der Waals surface area contributed by atoms with Crippen LogP contribution < -0.4 is 0 Å². The summed E-state index contributed by atoms with van der Waals surface area (Å²) < 4.78 is 1.58. The number of carboxylic acid groups (broad SMARTS) is 1. The highest BCUT2D eigenvalue weighted by Gasteiger charge is 2.18. The predicted molar refractivity (Wildman–Crippen MR) is 67.1 cm³/mol. The molecule has 0 bridgehead atoms. The second kappa shape index (κ2) is 4.60. The van der Waals surface area contributed by atoms with Crippen molar-refractivity contribution < 1.29 is 9.90 Å². The van der Waals surface area contributed by atoms with Gasteiger partial charge in [0.15, 0.2) is 5.69 Å². The normalized spacial score (nSPS) is 10.9. The number of hydrogen-bond donors (Lipinski definition) is 1. The average molecular weight is 245 g/mol. The average Bonchev–Trinajstić information content (AvgIpc) is 2.71. The molecule has 0 unspecified atom stereocenters. The Bertz CT molecular complexity index is 588. The highest BCUT2D eigenvalue weighted by atomic mass is 16.4. The summed E-state index contributed by atoms with van der Waals surface area (Å²) in [5, 5.41) is 16.6. The maximum atomic E-state index is 11.0. The number of hydrogen-bond acceptors (Lipinski definition) is 3. The van der Waals surface area contributed by atoms with Gasteiger partial charge < -0.3 is 5.11 Å². The third-order valence-corrected chi connectivity index (χ3v) is 2.88. The molecule has 2 rings (SSSR count). The molecule has 1 N–H and O–H groups in total. The Balaban J connectivity index is 2.59. The number of nitrogens with zero attached hydrogens (tertiary/aromatic N) is 3. The molecular weight excluding hydrogens is 230 g/mol. The van der Waals surface area contributed by atoms with Crippen molar-refractivity contribution in [3.8, 4) is 5.69 Å². The van der Waals surface area contributed by atoms with E-state index in [4.69, 9.17) is 5.11 Å².